The number of nitrogens with zero attached hydrogens (tertiary/aromatic N) is 1. The number of benzene rings is 1. The molecule has 24 heavy (non-hydrogen) atoms. The minimum absolute atomic E-state index is 0.00513. The Bertz CT molecular complexity index is 641. The van der Waals surface area contributed by atoms with Gasteiger partial charge in [0.15, 0.2) is 0 Å². The number of carbonyl (C=O) groups is 1. The van der Waals surface area contributed by atoms with Crippen LogP contribution in [0.2, 0.25) is 0 Å². The van der Waals surface area contributed by atoms with Crippen LogP contribution in [0.3, 0.4) is 0 Å². The molecule has 1 N–H and O–H groups in total. The molecule has 4 nitrogen and oxygen atoms in total. The van der Waals surface area contributed by atoms with Crippen molar-refractivity contribution in [2.75, 3.05) is 13.7 Å². The quantitative estimate of drug-likeness (QED) is 0.810. The second kappa shape index (κ2) is 9.06. The van der Waals surface area contributed by atoms with Crippen molar-refractivity contribution in [3.05, 3.63) is 59.8 Å². The number of ether oxygens (including phenoxy) is 1. The van der Waals surface area contributed by atoms with Gasteiger partial charge < -0.3 is 10.1 Å². The van der Waals surface area contributed by atoms with Gasteiger partial charge >= 0.3 is 0 Å². The summed E-state index contributed by atoms with van der Waals surface area (Å²) in [5, 5.41) is 3.05. The maximum Gasteiger partial charge on any atom is 0.226 e. The summed E-state index contributed by atoms with van der Waals surface area (Å²) in [5.74, 6) is 1.44. The standard InChI is InChI=1S/C20H26N2O2/c1-15(2)17(12-16-8-5-4-6-9-16)14-21-19(23)13-18-10-7-11-20(22-18)24-3/h4-11,15,17H,12-14H2,1-3H3,(H,21,23)/t17-/m0/s1. The van der Waals surface area contributed by atoms with Crippen molar-refractivity contribution in [2.24, 2.45) is 11.8 Å². The SMILES string of the molecule is COc1cccc(CC(=O)NC[C@H](Cc2ccccc2)C(C)C)n1. The lowest BCUT2D eigenvalue weighted by Gasteiger charge is -2.21. The molecule has 0 fully saturated rings. The molecule has 1 aromatic carbocycles. The van der Waals surface area contributed by atoms with Crippen molar-refractivity contribution >= 4 is 5.91 Å². The zero-order chi connectivity index (χ0) is 17.4. The molecular formula is C20H26N2O2. The van der Waals surface area contributed by atoms with Crippen molar-refractivity contribution in [2.45, 2.75) is 26.7 Å². The fraction of sp³-hybridized carbons (Fsp3) is 0.400. The van der Waals surface area contributed by atoms with Gasteiger partial charge in [-0.1, -0.05) is 50.2 Å². The van der Waals surface area contributed by atoms with Crippen LogP contribution in [0.4, 0.5) is 0 Å². The summed E-state index contributed by atoms with van der Waals surface area (Å²) < 4.78 is 5.09. The molecule has 1 heterocycles. The van der Waals surface area contributed by atoms with Gasteiger partial charge in [0.25, 0.3) is 0 Å². The highest BCUT2D eigenvalue weighted by Gasteiger charge is 2.15. The van der Waals surface area contributed by atoms with Crippen LogP contribution in [-0.2, 0) is 17.6 Å². The molecule has 0 radical (unpaired) electrons. The van der Waals surface area contributed by atoms with Gasteiger partial charge in [-0.25, -0.2) is 4.98 Å². The first kappa shape index (κ1) is 18.0. The molecule has 0 bridgehead atoms. The molecule has 0 spiro atoms. The Labute approximate surface area is 144 Å². The number of methoxy groups -OCH3 is 1. The number of carbonyl (C=O) groups excluding carboxylic acids is 1. The minimum atomic E-state index is -0.00513. The van der Waals surface area contributed by atoms with Gasteiger partial charge in [0.1, 0.15) is 0 Å². The highest BCUT2D eigenvalue weighted by Crippen LogP contribution is 2.16. The van der Waals surface area contributed by atoms with E-state index in [0.29, 0.717) is 24.3 Å². The Morgan fingerprint density at radius 3 is 2.54 bits per heavy atom. The Morgan fingerprint density at radius 1 is 1.12 bits per heavy atom. The van der Waals surface area contributed by atoms with E-state index < -0.39 is 0 Å². The summed E-state index contributed by atoms with van der Waals surface area (Å²) in [4.78, 5) is 16.5. The lowest BCUT2D eigenvalue weighted by molar-refractivity contribution is -0.120. The van der Waals surface area contributed by atoms with E-state index in [2.05, 4.69) is 48.4 Å². The molecule has 0 unspecified atom stereocenters. The monoisotopic (exact) mass is 326 g/mol. The largest absolute Gasteiger partial charge is 0.481 e. The van der Waals surface area contributed by atoms with Gasteiger partial charge in [-0.3, -0.25) is 4.79 Å². The highest BCUT2D eigenvalue weighted by atomic mass is 16.5. The number of nitrogens with one attached hydrogen (secondary N) is 1. The van der Waals surface area contributed by atoms with Gasteiger partial charge in [-0.05, 0) is 29.9 Å². The predicted octanol–water partition coefficient (Wildman–Crippen LogP) is 3.26. The molecular weight excluding hydrogens is 300 g/mol. The molecule has 0 saturated carbocycles. The summed E-state index contributed by atoms with van der Waals surface area (Å²) in [6.45, 7) is 5.07. The Kier molecular flexibility index (Phi) is 6.79. The van der Waals surface area contributed by atoms with E-state index in [9.17, 15) is 4.79 Å². The average molecular weight is 326 g/mol. The van der Waals surface area contributed by atoms with Crippen LogP contribution in [0.15, 0.2) is 48.5 Å². The maximum absolute atomic E-state index is 12.2. The van der Waals surface area contributed by atoms with E-state index in [1.54, 1.807) is 13.2 Å². The molecule has 2 rings (SSSR count). The van der Waals surface area contributed by atoms with Gasteiger partial charge in [0.05, 0.1) is 19.2 Å². The van der Waals surface area contributed by atoms with Crippen molar-refractivity contribution in [3.8, 4) is 5.88 Å². The first-order chi connectivity index (χ1) is 11.6. The van der Waals surface area contributed by atoms with Gasteiger partial charge in [0, 0.05) is 12.6 Å². The van der Waals surface area contributed by atoms with E-state index in [4.69, 9.17) is 4.74 Å². The number of hydrogen-bond donors (Lipinski definition) is 1. The van der Waals surface area contributed by atoms with Crippen LogP contribution in [0.1, 0.15) is 25.1 Å². The summed E-state index contributed by atoms with van der Waals surface area (Å²) in [5.41, 5.74) is 2.02. The molecule has 2 aromatic rings. The first-order valence-electron chi connectivity index (χ1n) is 8.39. The number of hydrogen-bond acceptors (Lipinski definition) is 3. The van der Waals surface area contributed by atoms with E-state index in [1.807, 2.05) is 18.2 Å². The topological polar surface area (TPSA) is 51.2 Å². The van der Waals surface area contributed by atoms with Crippen LogP contribution in [0.5, 0.6) is 5.88 Å². The number of amides is 1. The number of pyridine rings is 1. The Hall–Kier alpha value is -2.36. The molecule has 0 saturated heterocycles. The van der Waals surface area contributed by atoms with Crippen LogP contribution in [-0.4, -0.2) is 24.5 Å². The van der Waals surface area contributed by atoms with Crippen molar-refractivity contribution in [1.82, 2.24) is 10.3 Å². The van der Waals surface area contributed by atoms with E-state index >= 15 is 0 Å². The summed E-state index contributed by atoms with van der Waals surface area (Å²) in [6, 6.07) is 15.9. The molecule has 1 atom stereocenters. The van der Waals surface area contributed by atoms with E-state index in [0.717, 1.165) is 12.1 Å². The normalized spacial score (nSPS) is 12.0. The summed E-state index contributed by atoms with van der Waals surface area (Å²) >= 11 is 0. The molecule has 128 valence electrons. The zero-order valence-electron chi connectivity index (χ0n) is 14.7. The van der Waals surface area contributed by atoms with Gasteiger partial charge in [0.2, 0.25) is 11.8 Å². The maximum atomic E-state index is 12.2. The van der Waals surface area contributed by atoms with Gasteiger partial charge in [-0.15, -0.1) is 0 Å². The molecule has 0 aliphatic rings. The molecule has 0 aliphatic heterocycles. The average Bonchev–Trinajstić information content (AvgIpc) is 2.59. The van der Waals surface area contributed by atoms with Crippen molar-refractivity contribution in [1.29, 1.82) is 0 Å². The number of aromatic nitrogens is 1. The van der Waals surface area contributed by atoms with Gasteiger partial charge in [-0.2, -0.15) is 0 Å². The third-order valence-electron chi connectivity index (χ3n) is 4.18. The van der Waals surface area contributed by atoms with Crippen LogP contribution in [0.25, 0.3) is 0 Å². The fourth-order valence-electron chi connectivity index (χ4n) is 2.60. The zero-order valence-corrected chi connectivity index (χ0v) is 14.7. The second-order valence-corrected chi connectivity index (χ2v) is 6.35. The molecule has 4 heteroatoms. The predicted molar refractivity (Wildman–Crippen MR) is 96.0 cm³/mol. The molecule has 1 amide bonds. The Balaban J connectivity index is 1.87. The molecule has 1 aromatic heterocycles. The van der Waals surface area contributed by atoms with Crippen molar-refractivity contribution < 1.29 is 9.53 Å². The van der Waals surface area contributed by atoms with Crippen LogP contribution >= 0.6 is 0 Å². The van der Waals surface area contributed by atoms with Crippen molar-refractivity contribution in [3.63, 3.8) is 0 Å². The molecule has 0 aliphatic carbocycles. The van der Waals surface area contributed by atoms with Crippen LogP contribution < -0.4 is 10.1 Å². The third-order valence-corrected chi connectivity index (χ3v) is 4.18. The first-order valence-corrected chi connectivity index (χ1v) is 8.39. The lowest BCUT2D eigenvalue weighted by Crippen LogP contribution is -2.33. The third kappa shape index (κ3) is 5.69. The fourth-order valence-corrected chi connectivity index (χ4v) is 2.60. The Morgan fingerprint density at radius 2 is 1.88 bits per heavy atom. The second-order valence-electron chi connectivity index (χ2n) is 6.35. The van der Waals surface area contributed by atoms with Crippen LogP contribution in [0, 0.1) is 11.8 Å². The summed E-state index contributed by atoms with van der Waals surface area (Å²) in [7, 11) is 1.57. The lowest BCUT2D eigenvalue weighted by atomic mass is 9.89. The minimum Gasteiger partial charge on any atom is -0.481 e. The smallest absolute Gasteiger partial charge is 0.226 e. The summed E-state index contributed by atoms with van der Waals surface area (Å²) in [6.07, 6.45) is 1.24. The highest BCUT2D eigenvalue weighted by molar-refractivity contribution is 5.78. The van der Waals surface area contributed by atoms with E-state index in [-0.39, 0.29) is 12.3 Å². The number of rotatable bonds is 8. The van der Waals surface area contributed by atoms with E-state index in [1.165, 1.54) is 5.56 Å².